The highest BCUT2D eigenvalue weighted by atomic mass is 31.2. The molecule has 2 nitrogen and oxygen atoms in total. The molecule has 1 aliphatic carbocycles. The van der Waals surface area contributed by atoms with Gasteiger partial charge in [-0.05, 0) is 51.2 Å². The van der Waals surface area contributed by atoms with Crippen LogP contribution in [0.1, 0.15) is 88.8 Å². The van der Waals surface area contributed by atoms with Crippen LogP contribution in [0.25, 0.3) is 0 Å². The average Bonchev–Trinajstić information content (AvgIpc) is 3.46. The van der Waals surface area contributed by atoms with Gasteiger partial charge in [0.1, 0.15) is 0 Å². The summed E-state index contributed by atoms with van der Waals surface area (Å²) >= 11 is 0. The van der Waals surface area contributed by atoms with Gasteiger partial charge in [0.15, 0.2) is 5.16 Å². The molecule has 1 amide bonds. The second kappa shape index (κ2) is 10.2. The summed E-state index contributed by atoms with van der Waals surface area (Å²) in [5.41, 5.74) is 4.72. The van der Waals surface area contributed by atoms with Crippen molar-refractivity contribution in [3.05, 3.63) is 28.8 Å². The number of nitrogens with one attached hydrogen (secondary N) is 1. The summed E-state index contributed by atoms with van der Waals surface area (Å²) in [4.78, 5) is 13.7. The maximum absolute atomic E-state index is 13.7. The van der Waals surface area contributed by atoms with Crippen molar-refractivity contribution in [2.24, 2.45) is 0 Å². The Balaban J connectivity index is 2.33. The van der Waals surface area contributed by atoms with Crippen molar-refractivity contribution < 1.29 is 4.79 Å². The summed E-state index contributed by atoms with van der Waals surface area (Å²) in [6.07, 6.45) is 13.8. The molecular weight excluding hydrogens is 361 g/mol. The molecule has 1 saturated carbocycles. The molecule has 0 aliphatic heterocycles. The molecule has 1 aliphatic rings. The second-order valence-electron chi connectivity index (χ2n) is 9.14. The number of carbonyl (C=O) groups excluding carboxylic acids is 1. The lowest BCUT2D eigenvalue weighted by atomic mass is 10.0. The summed E-state index contributed by atoms with van der Waals surface area (Å²) < 4.78 is 0. The van der Waals surface area contributed by atoms with Crippen LogP contribution >= 0.6 is 7.26 Å². The molecule has 0 atom stereocenters. The van der Waals surface area contributed by atoms with Gasteiger partial charge >= 0.3 is 0 Å². The number of unbranched alkanes of at least 4 members (excludes halogenated alkanes) is 3. The monoisotopic (exact) mass is 404 g/mol. The second-order valence-corrected chi connectivity index (χ2v) is 13.6. The fourth-order valence-electron chi connectivity index (χ4n) is 5.00. The number of carbonyl (C=O) groups is 1. The zero-order valence-corrected chi connectivity index (χ0v) is 20.2. The van der Waals surface area contributed by atoms with E-state index in [9.17, 15) is 4.79 Å². The van der Waals surface area contributed by atoms with Crippen LogP contribution in [0.3, 0.4) is 0 Å². The third-order valence-corrected chi connectivity index (χ3v) is 12.8. The van der Waals surface area contributed by atoms with E-state index in [1.54, 1.807) is 0 Å². The van der Waals surface area contributed by atoms with Crippen molar-refractivity contribution in [1.29, 1.82) is 0 Å². The van der Waals surface area contributed by atoms with E-state index in [4.69, 9.17) is 0 Å². The van der Waals surface area contributed by atoms with Gasteiger partial charge in [0.2, 0.25) is 0 Å². The topological polar surface area (TPSA) is 29.1 Å². The predicted molar refractivity (Wildman–Crippen MR) is 127 cm³/mol. The number of anilines is 1. The van der Waals surface area contributed by atoms with Gasteiger partial charge in [0.05, 0.1) is 18.5 Å². The standard InChI is InChI=1S/C25H42NOP/c1-7-10-15-28(16-11-8-2,17-12-9-3)25(13-14-25)24(27)26-23-21(5)18-20(4)19-22(23)6/h18-19H,7-17H2,1-6H3/p+1. The lowest BCUT2D eigenvalue weighted by Gasteiger charge is -2.35. The largest absolute Gasteiger partial charge is 0.322 e. The van der Waals surface area contributed by atoms with E-state index < -0.39 is 7.26 Å². The van der Waals surface area contributed by atoms with Crippen LogP contribution in [-0.2, 0) is 4.79 Å². The van der Waals surface area contributed by atoms with E-state index in [2.05, 4.69) is 59.0 Å². The molecule has 1 aromatic carbocycles. The highest BCUT2D eigenvalue weighted by Gasteiger charge is 2.69. The highest BCUT2D eigenvalue weighted by molar-refractivity contribution is 7.78. The van der Waals surface area contributed by atoms with Gasteiger partial charge in [-0.15, -0.1) is 0 Å². The molecular formula is C25H43NOP+. The van der Waals surface area contributed by atoms with Gasteiger partial charge in [-0.2, -0.15) is 0 Å². The molecule has 0 unspecified atom stereocenters. The fraction of sp³-hybridized carbons (Fsp3) is 0.720. The van der Waals surface area contributed by atoms with Crippen LogP contribution in [0.5, 0.6) is 0 Å². The third kappa shape index (κ3) is 4.99. The van der Waals surface area contributed by atoms with E-state index in [1.807, 2.05) is 0 Å². The molecule has 28 heavy (non-hydrogen) atoms. The smallest absolute Gasteiger partial charge is 0.268 e. The minimum atomic E-state index is -1.28. The van der Waals surface area contributed by atoms with Crippen molar-refractivity contribution >= 4 is 18.9 Å². The molecule has 1 fully saturated rings. The van der Waals surface area contributed by atoms with E-state index in [-0.39, 0.29) is 5.16 Å². The lowest BCUT2D eigenvalue weighted by molar-refractivity contribution is -0.116. The Morgan fingerprint density at radius 3 is 1.68 bits per heavy atom. The van der Waals surface area contributed by atoms with E-state index >= 15 is 0 Å². The maximum atomic E-state index is 13.7. The molecule has 0 aromatic heterocycles. The number of rotatable bonds is 12. The van der Waals surface area contributed by atoms with Crippen LogP contribution in [0.2, 0.25) is 0 Å². The molecule has 2 rings (SSSR count). The lowest BCUT2D eigenvalue weighted by Crippen LogP contribution is -2.36. The number of amides is 1. The minimum absolute atomic E-state index is 0.0315. The third-order valence-electron chi connectivity index (χ3n) is 6.79. The predicted octanol–water partition coefficient (Wildman–Crippen LogP) is 7.50. The van der Waals surface area contributed by atoms with Crippen molar-refractivity contribution in [3.8, 4) is 0 Å². The Kier molecular flexibility index (Phi) is 8.56. The minimum Gasteiger partial charge on any atom is -0.322 e. The van der Waals surface area contributed by atoms with Gasteiger partial charge in [0.25, 0.3) is 5.91 Å². The summed E-state index contributed by atoms with van der Waals surface area (Å²) in [6, 6.07) is 4.38. The Bertz CT molecular complexity index is 618. The van der Waals surface area contributed by atoms with Gasteiger partial charge in [-0.3, -0.25) is 4.79 Å². The van der Waals surface area contributed by atoms with Crippen molar-refractivity contribution in [2.45, 2.75) is 98.1 Å². The van der Waals surface area contributed by atoms with Gasteiger partial charge in [-0.1, -0.05) is 57.7 Å². The number of hydrogen-bond acceptors (Lipinski definition) is 1. The zero-order chi connectivity index (χ0) is 20.8. The molecule has 1 aromatic rings. The first-order valence-electron chi connectivity index (χ1n) is 11.6. The first-order valence-corrected chi connectivity index (χ1v) is 14.0. The molecule has 3 heteroatoms. The molecule has 0 heterocycles. The number of aryl methyl sites for hydroxylation is 3. The molecule has 0 radical (unpaired) electrons. The highest BCUT2D eigenvalue weighted by Crippen LogP contribution is 2.79. The van der Waals surface area contributed by atoms with E-state index in [0.29, 0.717) is 5.91 Å². The summed E-state index contributed by atoms with van der Waals surface area (Å²) in [7, 11) is -1.28. The average molecular weight is 405 g/mol. The Labute approximate surface area is 174 Å². The molecule has 158 valence electrons. The molecule has 0 spiro atoms. The Hall–Kier alpha value is -0.880. The van der Waals surface area contributed by atoms with Crippen LogP contribution in [0, 0.1) is 20.8 Å². The Morgan fingerprint density at radius 1 is 0.893 bits per heavy atom. The molecule has 0 saturated heterocycles. The van der Waals surface area contributed by atoms with E-state index in [1.165, 1.54) is 73.7 Å². The SMILES string of the molecule is CCCC[P+](CCCC)(CCCC)C1(C(=O)Nc2c(C)cc(C)cc2C)CC1. The summed E-state index contributed by atoms with van der Waals surface area (Å²) in [6.45, 7) is 13.3. The fourth-order valence-corrected chi connectivity index (χ4v) is 11.3. The zero-order valence-electron chi connectivity index (χ0n) is 19.3. The normalized spacial score (nSPS) is 15.5. The first-order chi connectivity index (χ1) is 13.4. The number of hydrogen-bond donors (Lipinski definition) is 1. The quantitative estimate of drug-likeness (QED) is 0.359. The van der Waals surface area contributed by atoms with Crippen LogP contribution in [-0.4, -0.2) is 29.5 Å². The van der Waals surface area contributed by atoms with Crippen molar-refractivity contribution in [1.82, 2.24) is 0 Å². The summed E-state index contributed by atoms with van der Waals surface area (Å²) in [5.74, 6) is 0.346. The van der Waals surface area contributed by atoms with Crippen LogP contribution in [0.15, 0.2) is 12.1 Å². The van der Waals surface area contributed by atoms with Gasteiger partial charge in [-0.25, -0.2) is 0 Å². The summed E-state index contributed by atoms with van der Waals surface area (Å²) in [5, 5.41) is 3.40. The van der Waals surface area contributed by atoms with Gasteiger partial charge < -0.3 is 5.32 Å². The van der Waals surface area contributed by atoms with Gasteiger partial charge in [0, 0.05) is 25.8 Å². The first kappa shape index (κ1) is 23.4. The van der Waals surface area contributed by atoms with Crippen molar-refractivity contribution in [2.75, 3.05) is 23.8 Å². The van der Waals surface area contributed by atoms with Crippen molar-refractivity contribution in [3.63, 3.8) is 0 Å². The van der Waals surface area contributed by atoms with E-state index in [0.717, 1.165) is 18.5 Å². The Morgan fingerprint density at radius 2 is 1.32 bits per heavy atom. The van der Waals surface area contributed by atoms with Crippen LogP contribution < -0.4 is 5.32 Å². The van der Waals surface area contributed by atoms with Crippen LogP contribution in [0.4, 0.5) is 5.69 Å². The number of benzene rings is 1. The maximum Gasteiger partial charge on any atom is 0.268 e. The molecule has 1 N–H and O–H groups in total. The molecule has 0 bridgehead atoms.